The Morgan fingerprint density at radius 1 is 1.16 bits per heavy atom. The lowest BCUT2D eigenvalue weighted by atomic mass is 9.90. The van der Waals surface area contributed by atoms with Gasteiger partial charge in [-0.05, 0) is 93.2 Å². The van der Waals surface area contributed by atoms with Gasteiger partial charge in [0.25, 0.3) is 0 Å². The molecule has 3 heterocycles. The molecule has 3 aromatic rings. The Hall–Kier alpha value is -2.70. The zero-order valence-electron chi connectivity index (χ0n) is 21.7. The molecule has 5 nitrogen and oxygen atoms in total. The summed E-state index contributed by atoms with van der Waals surface area (Å²) >= 11 is 5.99. The molecule has 0 bridgehead atoms. The van der Waals surface area contributed by atoms with E-state index in [-0.39, 0.29) is 0 Å². The number of nitrogens with one attached hydrogen (secondary N) is 1. The first-order chi connectivity index (χ1) is 17.9. The highest BCUT2D eigenvalue weighted by molar-refractivity contribution is 6.30. The van der Waals surface area contributed by atoms with Gasteiger partial charge in [0, 0.05) is 41.5 Å². The highest BCUT2D eigenvalue weighted by atomic mass is 35.5. The fourth-order valence-electron chi connectivity index (χ4n) is 5.22. The van der Waals surface area contributed by atoms with Crippen LogP contribution >= 0.6 is 11.6 Å². The first-order valence-electron chi connectivity index (χ1n) is 13.2. The van der Waals surface area contributed by atoms with Crippen molar-refractivity contribution in [1.82, 2.24) is 15.2 Å². The number of fused-ring (bicyclic) bond motifs is 2. The monoisotopic (exact) mass is 517 g/mol. The van der Waals surface area contributed by atoms with E-state index < -0.39 is 5.60 Å². The first-order valence-corrected chi connectivity index (χ1v) is 13.6. The van der Waals surface area contributed by atoms with Crippen molar-refractivity contribution in [2.75, 3.05) is 26.2 Å². The standard InChI is InChI=1S/C31H36ClN3O2/c1-31(2,36)23-9-12-30-28(19-23)26(27-5-3-15-34-29(27)21-37-30)6-4-17-35-18-14-25(20-35)33-16-13-22-7-10-24(32)11-8-22/h3,5-12,15,19,25,33,36H,4,13-14,16-18,20-21H2,1-2H3/t25-/m1/s1. The summed E-state index contributed by atoms with van der Waals surface area (Å²) in [7, 11) is 0. The van der Waals surface area contributed by atoms with Gasteiger partial charge in [-0.2, -0.15) is 0 Å². The molecule has 37 heavy (non-hydrogen) atoms. The number of hydrogen-bond acceptors (Lipinski definition) is 5. The van der Waals surface area contributed by atoms with E-state index in [4.69, 9.17) is 16.3 Å². The Morgan fingerprint density at radius 2 is 2.00 bits per heavy atom. The third-order valence-electron chi connectivity index (χ3n) is 7.35. The smallest absolute Gasteiger partial charge is 0.131 e. The molecule has 1 atom stereocenters. The van der Waals surface area contributed by atoms with Crippen molar-refractivity contribution >= 4 is 17.2 Å². The molecule has 2 aliphatic rings. The lowest BCUT2D eigenvalue weighted by molar-refractivity contribution is 0.0785. The molecule has 1 fully saturated rings. The summed E-state index contributed by atoms with van der Waals surface area (Å²) in [5.74, 6) is 0.836. The number of aliphatic hydroxyl groups is 1. The normalized spacial score (nSPS) is 18.8. The third-order valence-corrected chi connectivity index (χ3v) is 7.60. The lowest BCUT2D eigenvalue weighted by Crippen LogP contribution is -2.34. The van der Waals surface area contributed by atoms with E-state index in [1.165, 1.54) is 12.0 Å². The van der Waals surface area contributed by atoms with E-state index in [0.29, 0.717) is 12.6 Å². The summed E-state index contributed by atoms with van der Waals surface area (Å²) < 4.78 is 6.13. The predicted octanol–water partition coefficient (Wildman–Crippen LogP) is 5.58. The van der Waals surface area contributed by atoms with Gasteiger partial charge in [-0.1, -0.05) is 41.9 Å². The SMILES string of the molecule is CC(C)(O)c1ccc2c(c1)C(=CCCN1CC[C@@H](NCCc3ccc(Cl)cc3)C1)c1cccnc1CO2. The van der Waals surface area contributed by atoms with Crippen LogP contribution in [0.2, 0.25) is 5.02 Å². The molecule has 1 saturated heterocycles. The van der Waals surface area contributed by atoms with Gasteiger partial charge in [0.1, 0.15) is 12.4 Å². The Bertz CT molecular complexity index is 1250. The highest BCUT2D eigenvalue weighted by Crippen LogP contribution is 2.38. The summed E-state index contributed by atoms with van der Waals surface area (Å²) in [5, 5.41) is 15.2. The maximum absolute atomic E-state index is 10.6. The number of nitrogens with zero attached hydrogens (tertiary/aromatic N) is 2. The average molecular weight is 518 g/mol. The predicted molar refractivity (Wildman–Crippen MR) is 150 cm³/mol. The fraction of sp³-hybridized carbons (Fsp3) is 0.387. The summed E-state index contributed by atoms with van der Waals surface area (Å²) in [4.78, 5) is 7.14. The van der Waals surface area contributed by atoms with Crippen molar-refractivity contribution in [2.45, 2.75) is 51.4 Å². The summed E-state index contributed by atoms with van der Waals surface area (Å²) in [6, 6.07) is 18.8. The van der Waals surface area contributed by atoms with Crippen LogP contribution in [0.25, 0.3) is 5.57 Å². The molecular formula is C31H36ClN3O2. The van der Waals surface area contributed by atoms with Crippen LogP contribution in [0.1, 0.15) is 54.6 Å². The van der Waals surface area contributed by atoms with Crippen molar-refractivity contribution in [3.8, 4) is 5.75 Å². The molecular weight excluding hydrogens is 482 g/mol. The van der Waals surface area contributed by atoms with Gasteiger partial charge in [0.05, 0.1) is 11.3 Å². The van der Waals surface area contributed by atoms with Gasteiger partial charge in [0.15, 0.2) is 0 Å². The van der Waals surface area contributed by atoms with Crippen molar-refractivity contribution in [3.05, 3.63) is 99.8 Å². The maximum atomic E-state index is 10.6. The third kappa shape index (κ3) is 6.42. The molecule has 0 spiro atoms. The molecule has 5 rings (SSSR count). The van der Waals surface area contributed by atoms with Crippen LogP contribution in [0.5, 0.6) is 5.75 Å². The number of ether oxygens (including phenoxy) is 1. The molecule has 0 unspecified atom stereocenters. The Labute approximate surface area is 225 Å². The molecule has 0 amide bonds. The molecule has 0 aliphatic carbocycles. The van der Waals surface area contributed by atoms with Gasteiger partial charge in [-0.15, -0.1) is 0 Å². The van der Waals surface area contributed by atoms with E-state index in [9.17, 15) is 5.11 Å². The van der Waals surface area contributed by atoms with Gasteiger partial charge in [-0.3, -0.25) is 4.98 Å². The minimum atomic E-state index is -0.921. The second-order valence-electron chi connectivity index (χ2n) is 10.6. The molecule has 0 radical (unpaired) electrons. The number of halogens is 1. The fourth-order valence-corrected chi connectivity index (χ4v) is 5.35. The maximum Gasteiger partial charge on any atom is 0.131 e. The molecule has 0 saturated carbocycles. The summed E-state index contributed by atoms with van der Waals surface area (Å²) in [5.41, 5.74) is 5.48. The van der Waals surface area contributed by atoms with Crippen LogP contribution in [0.4, 0.5) is 0 Å². The van der Waals surface area contributed by atoms with E-state index in [2.05, 4.69) is 45.5 Å². The lowest BCUT2D eigenvalue weighted by Gasteiger charge is -2.20. The number of hydrogen-bond donors (Lipinski definition) is 2. The Kier molecular flexibility index (Phi) is 7.96. The molecule has 2 N–H and O–H groups in total. The highest BCUT2D eigenvalue weighted by Gasteiger charge is 2.25. The molecule has 2 aliphatic heterocycles. The number of rotatable bonds is 8. The van der Waals surface area contributed by atoms with Gasteiger partial charge in [0.2, 0.25) is 0 Å². The van der Waals surface area contributed by atoms with Crippen LogP contribution < -0.4 is 10.1 Å². The average Bonchev–Trinajstić information content (AvgIpc) is 3.27. The first kappa shape index (κ1) is 25.9. The van der Waals surface area contributed by atoms with Crippen molar-refractivity contribution in [3.63, 3.8) is 0 Å². The van der Waals surface area contributed by atoms with Crippen LogP contribution in [0.15, 0.2) is 66.9 Å². The largest absolute Gasteiger partial charge is 0.487 e. The minimum Gasteiger partial charge on any atom is -0.487 e. The van der Waals surface area contributed by atoms with Crippen molar-refractivity contribution in [1.29, 1.82) is 0 Å². The molecule has 1 aromatic heterocycles. The van der Waals surface area contributed by atoms with Crippen molar-refractivity contribution < 1.29 is 9.84 Å². The van der Waals surface area contributed by atoms with Crippen LogP contribution in [-0.4, -0.2) is 47.2 Å². The van der Waals surface area contributed by atoms with Crippen LogP contribution in [-0.2, 0) is 18.6 Å². The zero-order chi connectivity index (χ0) is 25.8. The number of pyridine rings is 1. The number of benzene rings is 2. The summed E-state index contributed by atoms with van der Waals surface area (Å²) in [6.07, 6.45) is 7.27. The zero-order valence-corrected chi connectivity index (χ0v) is 22.5. The van der Waals surface area contributed by atoms with Gasteiger partial charge in [-0.25, -0.2) is 0 Å². The minimum absolute atomic E-state index is 0.442. The Morgan fingerprint density at radius 3 is 2.81 bits per heavy atom. The molecule has 6 heteroatoms. The summed E-state index contributed by atoms with van der Waals surface area (Å²) in [6.45, 7) is 8.26. The van der Waals surface area contributed by atoms with E-state index in [1.807, 2.05) is 50.4 Å². The van der Waals surface area contributed by atoms with Crippen molar-refractivity contribution in [2.24, 2.45) is 0 Å². The van der Waals surface area contributed by atoms with E-state index in [1.54, 1.807) is 0 Å². The van der Waals surface area contributed by atoms with Crippen LogP contribution in [0.3, 0.4) is 0 Å². The van der Waals surface area contributed by atoms with E-state index in [0.717, 1.165) is 77.8 Å². The number of likely N-dealkylation sites (tertiary alicyclic amines) is 1. The van der Waals surface area contributed by atoms with Gasteiger partial charge < -0.3 is 20.1 Å². The quantitative estimate of drug-likeness (QED) is 0.408. The molecule has 194 valence electrons. The van der Waals surface area contributed by atoms with Gasteiger partial charge >= 0.3 is 0 Å². The second kappa shape index (κ2) is 11.4. The topological polar surface area (TPSA) is 57.6 Å². The Balaban J connectivity index is 1.24. The number of aromatic nitrogens is 1. The van der Waals surface area contributed by atoms with Crippen LogP contribution in [0, 0.1) is 0 Å². The molecule has 2 aromatic carbocycles. The van der Waals surface area contributed by atoms with E-state index >= 15 is 0 Å². The second-order valence-corrected chi connectivity index (χ2v) is 11.0.